The van der Waals surface area contributed by atoms with E-state index in [1.807, 2.05) is 0 Å². The van der Waals surface area contributed by atoms with Gasteiger partial charge in [-0.15, -0.1) is 0 Å². The Morgan fingerprint density at radius 2 is 2.00 bits per heavy atom. The number of esters is 1. The van der Waals surface area contributed by atoms with E-state index in [1.165, 1.54) is 6.92 Å². The number of carbonyl (C=O) groups excluding carboxylic acids is 2. The summed E-state index contributed by atoms with van der Waals surface area (Å²) < 4.78 is 13.6. The lowest BCUT2D eigenvalue weighted by Gasteiger charge is -2.14. The highest BCUT2D eigenvalue weighted by Crippen LogP contribution is 1.96. The molecular weight excluding hydrogens is 192 g/mol. The Morgan fingerprint density at radius 1 is 1.36 bits per heavy atom. The van der Waals surface area contributed by atoms with Crippen molar-refractivity contribution >= 4 is 12.1 Å². The number of hydrogen-bond acceptors (Lipinski definition) is 6. The number of aliphatic hydroxyl groups is 1. The van der Waals surface area contributed by atoms with E-state index in [4.69, 9.17) is 5.11 Å². The molecule has 0 saturated carbocycles. The van der Waals surface area contributed by atoms with Gasteiger partial charge in [0.15, 0.2) is 6.10 Å². The molecule has 1 unspecified atom stereocenters. The quantitative estimate of drug-likeness (QED) is 0.641. The summed E-state index contributed by atoms with van der Waals surface area (Å²) in [6.07, 6.45) is -1.77. The zero-order chi connectivity index (χ0) is 11.0. The third-order valence-electron chi connectivity index (χ3n) is 1.20. The van der Waals surface area contributed by atoms with Crippen LogP contribution in [0.5, 0.6) is 0 Å². The highest BCUT2D eigenvalue weighted by molar-refractivity contribution is 5.66. The molecule has 0 bridgehead atoms. The monoisotopic (exact) mass is 206 g/mol. The average Bonchev–Trinajstić information content (AvgIpc) is 2.12. The predicted octanol–water partition coefficient (Wildman–Crippen LogP) is 0.0835. The zero-order valence-corrected chi connectivity index (χ0v) is 8.19. The van der Waals surface area contributed by atoms with Gasteiger partial charge in [0.05, 0.1) is 13.2 Å². The molecule has 0 aromatic carbocycles. The van der Waals surface area contributed by atoms with E-state index in [-0.39, 0.29) is 13.2 Å². The van der Waals surface area contributed by atoms with E-state index in [0.29, 0.717) is 0 Å². The third kappa shape index (κ3) is 6.24. The second kappa shape index (κ2) is 7.14. The molecule has 0 saturated heterocycles. The maximum atomic E-state index is 10.8. The van der Waals surface area contributed by atoms with Crippen molar-refractivity contribution in [1.82, 2.24) is 0 Å². The van der Waals surface area contributed by atoms with Gasteiger partial charge in [-0.2, -0.15) is 0 Å². The van der Waals surface area contributed by atoms with Gasteiger partial charge in [0, 0.05) is 6.92 Å². The molecule has 1 atom stereocenters. The van der Waals surface area contributed by atoms with Crippen LogP contribution in [0.25, 0.3) is 0 Å². The number of hydrogen-bond donors (Lipinski definition) is 1. The van der Waals surface area contributed by atoms with Gasteiger partial charge in [0.1, 0.15) is 6.61 Å². The molecule has 0 fully saturated rings. The van der Waals surface area contributed by atoms with E-state index in [9.17, 15) is 9.59 Å². The van der Waals surface area contributed by atoms with E-state index in [1.54, 1.807) is 6.92 Å². The molecule has 0 aromatic rings. The Morgan fingerprint density at radius 3 is 2.43 bits per heavy atom. The van der Waals surface area contributed by atoms with Crippen molar-refractivity contribution in [1.29, 1.82) is 0 Å². The van der Waals surface area contributed by atoms with E-state index in [2.05, 4.69) is 14.2 Å². The van der Waals surface area contributed by atoms with Crippen LogP contribution < -0.4 is 0 Å². The molecule has 0 aromatic heterocycles. The van der Waals surface area contributed by atoms with Crippen molar-refractivity contribution in [2.45, 2.75) is 20.0 Å². The van der Waals surface area contributed by atoms with Crippen molar-refractivity contribution in [3.05, 3.63) is 0 Å². The first kappa shape index (κ1) is 12.7. The summed E-state index contributed by atoms with van der Waals surface area (Å²) in [6.45, 7) is 2.43. The summed E-state index contributed by atoms with van der Waals surface area (Å²) >= 11 is 0. The Balaban J connectivity index is 3.78. The van der Waals surface area contributed by atoms with Crippen LogP contribution in [0, 0.1) is 0 Å². The molecule has 1 N–H and O–H groups in total. The minimum absolute atomic E-state index is 0.176. The molecule has 0 heterocycles. The topological polar surface area (TPSA) is 82.1 Å². The Kier molecular flexibility index (Phi) is 6.47. The lowest BCUT2D eigenvalue weighted by atomic mass is 10.4. The van der Waals surface area contributed by atoms with Crippen LogP contribution in [0.2, 0.25) is 0 Å². The highest BCUT2D eigenvalue weighted by atomic mass is 16.7. The normalized spacial score (nSPS) is 11.6. The van der Waals surface area contributed by atoms with Crippen molar-refractivity contribution in [2.24, 2.45) is 0 Å². The minimum Gasteiger partial charge on any atom is -0.462 e. The standard InChI is InChI=1S/C8H14O6/c1-3-12-8(11)14-7(4-9)5-13-6(2)10/h7,9H,3-5H2,1-2H3. The number of ether oxygens (including phenoxy) is 3. The molecule has 0 amide bonds. The summed E-state index contributed by atoms with van der Waals surface area (Å²) in [5, 5.41) is 8.73. The number of carbonyl (C=O) groups is 2. The summed E-state index contributed by atoms with van der Waals surface area (Å²) in [4.78, 5) is 21.2. The Hall–Kier alpha value is -1.30. The largest absolute Gasteiger partial charge is 0.508 e. The second-order valence-corrected chi connectivity index (χ2v) is 2.41. The van der Waals surface area contributed by atoms with Gasteiger partial charge in [0.2, 0.25) is 0 Å². The lowest BCUT2D eigenvalue weighted by Crippen LogP contribution is -2.28. The molecule has 0 aliphatic heterocycles. The van der Waals surface area contributed by atoms with Crippen molar-refractivity contribution in [3.63, 3.8) is 0 Å². The van der Waals surface area contributed by atoms with Gasteiger partial charge in [-0.3, -0.25) is 4.79 Å². The molecule has 14 heavy (non-hydrogen) atoms. The molecule has 0 aliphatic carbocycles. The fourth-order valence-corrected chi connectivity index (χ4v) is 0.622. The summed E-state index contributed by atoms with van der Waals surface area (Å²) in [5.41, 5.74) is 0. The SMILES string of the molecule is CCOC(=O)OC(CO)COC(C)=O. The highest BCUT2D eigenvalue weighted by Gasteiger charge is 2.15. The molecule has 6 heteroatoms. The van der Waals surface area contributed by atoms with E-state index in [0.717, 1.165) is 0 Å². The fourth-order valence-electron chi connectivity index (χ4n) is 0.622. The van der Waals surface area contributed by atoms with Crippen LogP contribution in [0.15, 0.2) is 0 Å². The van der Waals surface area contributed by atoms with Crippen molar-refractivity contribution < 1.29 is 28.9 Å². The third-order valence-corrected chi connectivity index (χ3v) is 1.20. The molecule has 6 nitrogen and oxygen atoms in total. The lowest BCUT2D eigenvalue weighted by molar-refractivity contribution is -0.145. The van der Waals surface area contributed by atoms with Gasteiger partial charge >= 0.3 is 12.1 Å². The molecule has 82 valence electrons. The Labute approximate surface area is 81.8 Å². The van der Waals surface area contributed by atoms with Crippen LogP contribution in [0.3, 0.4) is 0 Å². The molecule has 0 rings (SSSR count). The van der Waals surface area contributed by atoms with Gasteiger partial charge in [0.25, 0.3) is 0 Å². The van der Waals surface area contributed by atoms with Crippen LogP contribution in [0.4, 0.5) is 4.79 Å². The van der Waals surface area contributed by atoms with Crippen molar-refractivity contribution in [3.8, 4) is 0 Å². The van der Waals surface area contributed by atoms with Crippen LogP contribution >= 0.6 is 0 Å². The maximum absolute atomic E-state index is 10.8. The summed E-state index contributed by atoms with van der Waals surface area (Å²) in [5.74, 6) is -0.504. The molecule has 0 radical (unpaired) electrons. The summed E-state index contributed by atoms with van der Waals surface area (Å²) in [7, 11) is 0. The van der Waals surface area contributed by atoms with Crippen molar-refractivity contribution in [2.75, 3.05) is 19.8 Å². The summed E-state index contributed by atoms with van der Waals surface area (Å²) in [6, 6.07) is 0. The van der Waals surface area contributed by atoms with Crippen LogP contribution in [-0.4, -0.2) is 43.2 Å². The molecule has 0 aliphatic rings. The maximum Gasteiger partial charge on any atom is 0.508 e. The first-order chi connectivity index (χ1) is 6.60. The van der Waals surface area contributed by atoms with E-state index < -0.39 is 24.8 Å². The first-order valence-electron chi connectivity index (χ1n) is 4.17. The number of aliphatic hydroxyl groups excluding tert-OH is 1. The first-order valence-corrected chi connectivity index (χ1v) is 4.17. The smallest absolute Gasteiger partial charge is 0.462 e. The average molecular weight is 206 g/mol. The number of rotatable bonds is 5. The second-order valence-electron chi connectivity index (χ2n) is 2.41. The van der Waals surface area contributed by atoms with E-state index >= 15 is 0 Å². The molecular formula is C8H14O6. The fraction of sp³-hybridized carbons (Fsp3) is 0.750. The van der Waals surface area contributed by atoms with Gasteiger partial charge < -0.3 is 19.3 Å². The van der Waals surface area contributed by atoms with Gasteiger partial charge in [-0.05, 0) is 6.92 Å². The van der Waals surface area contributed by atoms with Gasteiger partial charge in [-0.1, -0.05) is 0 Å². The minimum atomic E-state index is -0.890. The molecule has 0 spiro atoms. The Bertz CT molecular complexity index is 190. The van der Waals surface area contributed by atoms with Crippen LogP contribution in [0.1, 0.15) is 13.8 Å². The zero-order valence-electron chi connectivity index (χ0n) is 8.19. The predicted molar refractivity (Wildman–Crippen MR) is 45.6 cm³/mol. The van der Waals surface area contributed by atoms with Crippen LogP contribution in [-0.2, 0) is 19.0 Å². The van der Waals surface area contributed by atoms with Gasteiger partial charge in [-0.25, -0.2) is 4.79 Å².